The summed E-state index contributed by atoms with van der Waals surface area (Å²) in [6.45, 7) is 2.74. The number of aryl methyl sites for hydroxylation is 1. The number of nitrogens with zero attached hydrogens (tertiary/aromatic N) is 2. The maximum Gasteiger partial charge on any atom is 0.0945 e. The second-order valence-electron chi connectivity index (χ2n) is 4.40. The predicted molar refractivity (Wildman–Crippen MR) is 79.6 cm³/mol. The molecule has 2 aromatic rings. The fourth-order valence-electron chi connectivity index (χ4n) is 1.87. The highest BCUT2D eigenvalue weighted by molar-refractivity contribution is 6.42. The minimum absolute atomic E-state index is 0.612. The Bertz CT molecular complexity index is 497. The number of unbranched alkanes of at least 4 members (excludes halogenated alkanes) is 1. The molecule has 0 atom stereocenters. The number of nitrogens with one attached hydrogen (secondary N) is 1. The van der Waals surface area contributed by atoms with Crippen LogP contribution in [0.25, 0.3) is 0 Å². The van der Waals surface area contributed by atoms with Gasteiger partial charge in [0, 0.05) is 25.5 Å². The van der Waals surface area contributed by atoms with Gasteiger partial charge < -0.3 is 9.88 Å². The van der Waals surface area contributed by atoms with Gasteiger partial charge in [0.25, 0.3) is 0 Å². The Labute approximate surface area is 123 Å². The SMILES string of the molecule is Clc1cccc(CNCCCCn2ccnc2)c1Cl. The fourth-order valence-corrected chi connectivity index (χ4v) is 2.26. The molecule has 2 rings (SSSR count). The molecular formula is C14H17Cl2N3. The van der Waals surface area contributed by atoms with Gasteiger partial charge in [0.1, 0.15) is 0 Å². The highest BCUT2D eigenvalue weighted by Crippen LogP contribution is 2.25. The Morgan fingerprint density at radius 2 is 2.11 bits per heavy atom. The van der Waals surface area contributed by atoms with Gasteiger partial charge >= 0.3 is 0 Å². The minimum atomic E-state index is 0.612. The largest absolute Gasteiger partial charge is 0.337 e. The molecule has 0 aliphatic carbocycles. The van der Waals surface area contributed by atoms with E-state index in [4.69, 9.17) is 23.2 Å². The van der Waals surface area contributed by atoms with Crippen molar-refractivity contribution in [3.8, 4) is 0 Å². The van der Waals surface area contributed by atoms with Crippen molar-refractivity contribution in [2.24, 2.45) is 0 Å². The molecule has 0 saturated carbocycles. The summed E-state index contributed by atoms with van der Waals surface area (Å²) in [5, 5.41) is 4.64. The molecule has 102 valence electrons. The fraction of sp³-hybridized carbons (Fsp3) is 0.357. The van der Waals surface area contributed by atoms with Crippen molar-refractivity contribution in [1.29, 1.82) is 0 Å². The van der Waals surface area contributed by atoms with Crippen LogP contribution in [0.15, 0.2) is 36.9 Å². The van der Waals surface area contributed by atoms with Gasteiger partial charge in [-0.15, -0.1) is 0 Å². The van der Waals surface area contributed by atoms with Crippen molar-refractivity contribution in [3.05, 3.63) is 52.5 Å². The van der Waals surface area contributed by atoms with Crippen LogP contribution in [0.3, 0.4) is 0 Å². The van der Waals surface area contributed by atoms with Crippen molar-refractivity contribution in [1.82, 2.24) is 14.9 Å². The molecule has 0 aliphatic rings. The van der Waals surface area contributed by atoms with Crippen LogP contribution in [-0.2, 0) is 13.1 Å². The Hall–Kier alpha value is -1.03. The molecule has 1 aromatic carbocycles. The van der Waals surface area contributed by atoms with Crippen molar-refractivity contribution in [2.75, 3.05) is 6.54 Å². The van der Waals surface area contributed by atoms with Crippen LogP contribution in [0, 0.1) is 0 Å². The second-order valence-corrected chi connectivity index (χ2v) is 5.18. The Kier molecular flexibility index (Phi) is 5.70. The molecule has 0 saturated heterocycles. The van der Waals surface area contributed by atoms with E-state index in [1.54, 1.807) is 12.3 Å². The summed E-state index contributed by atoms with van der Waals surface area (Å²) in [6.07, 6.45) is 7.89. The van der Waals surface area contributed by atoms with Crippen molar-refractivity contribution < 1.29 is 0 Å². The number of hydrogen-bond acceptors (Lipinski definition) is 2. The maximum atomic E-state index is 6.12. The number of hydrogen-bond donors (Lipinski definition) is 1. The van der Waals surface area contributed by atoms with Crippen LogP contribution in [-0.4, -0.2) is 16.1 Å². The Morgan fingerprint density at radius 3 is 2.89 bits per heavy atom. The summed E-state index contributed by atoms with van der Waals surface area (Å²) in [4.78, 5) is 4.02. The lowest BCUT2D eigenvalue weighted by molar-refractivity contribution is 0.568. The topological polar surface area (TPSA) is 29.9 Å². The molecule has 1 heterocycles. The highest BCUT2D eigenvalue weighted by atomic mass is 35.5. The summed E-state index contributed by atoms with van der Waals surface area (Å²) in [5.41, 5.74) is 1.05. The average molecular weight is 298 g/mol. The van der Waals surface area contributed by atoms with Crippen molar-refractivity contribution in [3.63, 3.8) is 0 Å². The first-order valence-electron chi connectivity index (χ1n) is 6.36. The smallest absolute Gasteiger partial charge is 0.0945 e. The zero-order valence-corrected chi connectivity index (χ0v) is 12.2. The van der Waals surface area contributed by atoms with Gasteiger partial charge in [-0.2, -0.15) is 0 Å². The van der Waals surface area contributed by atoms with Crippen LogP contribution in [0.1, 0.15) is 18.4 Å². The van der Waals surface area contributed by atoms with Gasteiger partial charge in [0.2, 0.25) is 0 Å². The van der Waals surface area contributed by atoms with Crippen molar-refractivity contribution in [2.45, 2.75) is 25.9 Å². The number of imidazole rings is 1. The molecule has 5 heteroatoms. The Balaban J connectivity index is 1.63. The zero-order chi connectivity index (χ0) is 13.5. The molecule has 0 fully saturated rings. The molecule has 0 radical (unpaired) electrons. The quantitative estimate of drug-likeness (QED) is 0.789. The third kappa shape index (κ3) is 4.53. The number of benzene rings is 1. The predicted octanol–water partition coefficient (Wildman–Crippen LogP) is 3.76. The lowest BCUT2D eigenvalue weighted by atomic mass is 10.2. The van der Waals surface area contributed by atoms with Crippen LogP contribution in [0.4, 0.5) is 0 Å². The highest BCUT2D eigenvalue weighted by Gasteiger charge is 2.03. The second kappa shape index (κ2) is 7.53. The van der Waals surface area contributed by atoms with Gasteiger partial charge in [0.05, 0.1) is 16.4 Å². The number of halogens is 2. The van der Waals surface area contributed by atoms with Crippen LogP contribution in [0.5, 0.6) is 0 Å². The molecule has 1 N–H and O–H groups in total. The molecule has 0 amide bonds. The lowest BCUT2D eigenvalue weighted by Gasteiger charge is -2.08. The first-order chi connectivity index (χ1) is 9.27. The van der Waals surface area contributed by atoms with E-state index < -0.39 is 0 Å². The van der Waals surface area contributed by atoms with Gasteiger partial charge in [-0.1, -0.05) is 35.3 Å². The van der Waals surface area contributed by atoms with E-state index in [0.29, 0.717) is 10.0 Å². The third-order valence-corrected chi connectivity index (χ3v) is 3.78. The zero-order valence-electron chi connectivity index (χ0n) is 10.6. The number of rotatable bonds is 7. The first-order valence-corrected chi connectivity index (χ1v) is 7.12. The first kappa shape index (κ1) is 14.4. The Morgan fingerprint density at radius 1 is 1.21 bits per heavy atom. The summed E-state index contributed by atoms with van der Waals surface area (Å²) >= 11 is 12.1. The van der Waals surface area contributed by atoms with E-state index in [2.05, 4.69) is 14.9 Å². The normalized spacial score (nSPS) is 10.8. The van der Waals surface area contributed by atoms with E-state index in [1.807, 2.05) is 24.7 Å². The summed E-state index contributed by atoms with van der Waals surface area (Å²) in [6, 6.07) is 5.72. The molecule has 0 spiro atoms. The minimum Gasteiger partial charge on any atom is -0.337 e. The molecule has 19 heavy (non-hydrogen) atoms. The third-order valence-electron chi connectivity index (χ3n) is 2.93. The number of aromatic nitrogens is 2. The summed E-state index contributed by atoms with van der Waals surface area (Å²) in [7, 11) is 0. The standard InChI is InChI=1S/C14H17Cl2N3/c15-13-5-3-4-12(14(13)16)10-17-6-1-2-8-19-9-7-18-11-19/h3-5,7,9,11,17H,1-2,6,8,10H2. The van der Waals surface area contributed by atoms with Gasteiger partial charge in [-0.25, -0.2) is 4.98 Å². The molecular weight excluding hydrogens is 281 g/mol. The van der Waals surface area contributed by atoms with Crippen molar-refractivity contribution >= 4 is 23.2 Å². The average Bonchev–Trinajstić information content (AvgIpc) is 2.91. The van der Waals surface area contributed by atoms with E-state index >= 15 is 0 Å². The summed E-state index contributed by atoms with van der Waals surface area (Å²) < 4.78 is 2.09. The van der Waals surface area contributed by atoms with Gasteiger partial charge in [0.15, 0.2) is 0 Å². The molecule has 3 nitrogen and oxygen atoms in total. The van der Waals surface area contributed by atoms with Crippen LogP contribution < -0.4 is 5.32 Å². The monoisotopic (exact) mass is 297 g/mol. The van der Waals surface area contributed by atoms with Crippen LogP contribution >= 0.6 is 23.2 Å². The molecule has 0 aliphatic heterocycles. The maximum absolute atomic E-state index is 6.12. The lowest BCUT2D eigenvalue weighted by Crippen LogP contribution is -2.15. The summed E-state index contributed by atoms with van der Waals surface area (Å²) in [5.74, 6) is 0. The van der Waals surface area contributed by atoms with Gasteiger partial charge in [-0.05, 0) is 31.0 Å². The van der Waals surface area contributed by atoms with E-state index in [0.717, 1.165) is 38.0 Å². The molecule has 1 aromatic heterocycles. The molecule has 0 bridgehead atoms. The molecule has 0 unspecified atom stereocenters. The van der Waals surface area contributed by atoms with Gasteiger partial charge in [-0.3, -0.25) is 0 Å². The van der Waals surface area contributed by atoms with Crippen LogP contribution in [0.2, 0.25) is 10.0 Å². The van der Waals surface area contributed by atoms with E-state index in [9.17, 15) is 0 Å². The van der Waals surface area contributed by atoms with E-state index in [-0.39, 0.29) is 0 Å². The van der Waals surface area contributed by atoms with E-state index in [1.165, 1.54) is 0 Å².